The lowest BCUT2D eigenvalue weighted by Gasteiger charge is -2.19. The van der Waals surface area contributed by atoms with E-state index in [2.05, 4.69) is 25.8 Å². The third-order valence-electron chi connectivity index (χ3n) is 5.17. The van der Waals surface area contributed by atoms with Crippen molar-refractivity contribution in [1.29, 1.82) is 0 Å². The van der Waals surface area contributed by atoms with E-state index in [0.717, 1.165) is 0 Å². The molecule has 1 saturated heterocycles. The predicted molar refractivity (Wildman–Crippen MR) is 125 cm³/mol. The number of alkyl carbamates (subject to hydrolysis) is 1. The SMILES string of the molecule is CC(C)(C)OC(=O)NCCn1nnnc1-c1ccc(-c2ccc(N3CC(CO)OC3=O)cc2F)cn1. The molecule has 0 saturated carbocycles. The van der Waals surface area contributed by atoms with E-state index >= 15 is 0 Å². The van der Waals surface area contributed by atoms with Gasteiger partial charge in [-0.1, -0.05) is 6.07 Å². The number of aliphatic hydroxyl groups excluding tert-OH is 1. The number of cyclic esters (lactones) is 1. The van der Waals surface area contributed by atoms with Crippen LogP contribution in [0.5, 0.6) is 0 Å². The Kier molecular flexibility index (Phi) is 7.10. The third-order valence-corrected chi connectivity index (χ3v) is 5.17. The first-order valence-corrected chi connectivity index (χ1v) is 11.2. The fourth-order valence-corrected chi connectivity index (χ4v) is 3.54. The zero-order valence-corrected chi connectivity index (χ0v) is 20.0. The summed E-state index contributed by atoms with van der Waals surface area (Å²) >= 11 is 0. The van der Waals surface area contributed by atoms with Crippen LogP contribution < -0.4 is 10.2 Å². The maximum Gasteiger partial charge on any atom is 0.414 e. The van der Waals surface area contributed by atoms with Crippen molar-refractivity contribution in [3.05, 3.63) is 42.3 Å². The molecule has 36 heavy (non-hydrogen) atoms. The molecule has 1 atom stereocenters. The third kappa shape index (κ3) is 5.74. The van der Waals surface area contributed by atoms with Gasteiger partial charge < -0.3 is 19.9 Å². The molecule has 1 aliphatic rings. The van der Waals surface area contributed by atoms with Crippen LogP contribution in [0.25, 0.3) is 22.6 Å². The van der Waals surface area contributed by atoms with Crippen molar-refractivity contribution in [2.45, 2.75) is 39.0 Å². The second-order valence-electron chi connectivity index (χ2n) is 9.05. The number of carbonyl (C=O) groups excluding carboxylic acids is 2. The van der Waals surface area contributed by atoms with E-state index in [1.54, 1.807) is 45.0 Å². The quantitative estimate of drug-likeness (QED) is 0.500. The van der Waals surface area contributed by atoms with Gasteiger partial charge in [-0.15, -0.1) is 5.10 Å². The molecule has 190 valence electrons. The summed E-state index contributed by atoms with van der Waals surface area (Å²) in [5.41, 5.74) is 1.02. The molecule has 2 aromatic heterocycles. The number of aliphatic hydroxyl groups is 1. The molecule has 0 spiro atoms. The van der Waals surface area contributed by atoms with Crippen LogP contribution in [0, 0.1) is 5.82 Å². The van der Waals surface area contributed by atoms with Crippen molar-refractivity contribution >= 4 is 17.9 Å². The van der Waals surface area contributed by atoms with Gasteiger partial charge in [-0.05, 0) is 55.5 Å². The van der Waals surface area contributed by atoms with Crippen LogP contribution in [0.4, 0.5) is 19.7 Å². The van der Waals surface area contributed by atoms with Crippen molar-refractivity contribution in [2.75, 3.05) is 24.6 Å². The van der Waals surface area contributed by atoms with Gasteiger partial charge in [0.1, 0.15) is 23.2 Å². The highest BCUT2D eigenvalue weighted by molar-refractivity contribution is 5.90. The van der Waals surface area contributed by atoms with Crippen LogP contribution in [-0.2, 0) is 16.0 Å². The normalized spacial score (nSPS) is 15.6. The van der Waals surface area contributed by atoms with Gasteiger partial charge in [-0.2, -0.15) is 0 Å². The second kappa shape index (κ2) is 10.2. The van der Waals surface area contributed by atoms with Gasteiger partial charge in [0.2, 0.25) is 5.82 Å². The van der Waals surface area contributed by atoms with Crippen LogP contribution in [-0.4, -0.2) is 73.9 Å². The van der Waals surface area contributed by atoms with Gasteiger partial charge in [-0.25, -0.2) is 18.7 Å². The molecule has 4 rings (SSSR count). The van der Waals surface area contributed by atoms with Crippen LogP contribution in [0.3, 0.4) is 0 Å². The Morgan fingerprint density at radius 3 is 2.75 bits per heavy atom. The molecule has 2 N–H and O–H groups in total. The molecule has 1 unspecified atom stereocenters. The molecule has 1 aromatic carbocycles. The number of ether oxygens (including phenoxy) is 2. The van der Waals surface area contributed by atoms with Gasteiger partial charge in [0.15, 0.2) is 0 Å². The number of halogens is 1. The van der Waals surface area contributed by atoms with Gasteiger partial charge in [0.25, 0.3) is 0 Å². The van der Waals surface area contributed by atoms with E-state index in [-0.39, 0.29) is 26.2 Å². The molecular formula is C23H26FN7O5. The minimum atomic E-state index is -0.637. The summed E-state index contributed by atoms with van der Waals surface area (Å²) in [5.74, 6) is -0.158. The van der Waals surface area contributed by atoms with Crippen LogP contribution in [0.1, 0.15) is 20.8 Å². The molecular weight excluding hydrogens is 473 g/mol. The number of pyridine rings is 1. The average Bonchev–Trinajstić information content (AvgIpc) is 3.44. The van der Waals surface area contributed by atoms with Gasteiger partial charge in [0, 0.05) is 23.9 Å². The molecule has 2 amide bonds. The Labute approximate surface area is 206 Å². The first-order valence-electron chi connectivity index (χ1n) is 11.2. The molecule has 13 heteroatoms. The molecule has 1 aliphatic heterocycles. The molecule has 12 nitrogen and oxygen atoms in total. The van der Waals surface area contributed by atoms with E-state index in [1.165, 1.54) is 21.8 Å². The number of amides is 2. The smallest absolute Gasteiger partial charge is 0.414 e. The summed E-state index contributed by atoms with van der Waals surface area (Å²) in [6, 6.07) is 7.74. The zero-order chi connectivity index (χ0) is 25.9. The molecule has 0 radical (unpaired) electrons. The molecule has 0 bridgehead atoms. The number of nitrogens with zero attached hydrogens (tertiary/aromatic N) is 6. The van der Waals surface area contributed by atoms with Crippen molar-refractivity contribution < 1.29 is 28.6 Å². The minimum absolute atomic E-state index is 0.145. The fourth-order valence-electron chi connectivity index (χ4n) is 3.54. The van der Waals surface area contributed by atoms with E-state index in [9.17, 15) is 19.1 Å². The number of benzene rings is 1. The summed E-state index contributed by atoms with van der Waals surface area (Å²) < 4.78 is 26.6. The Balaban J connectivity index is 1.43. The van der Waals surface area contributed by atoms with Crippen molar-refractivity contribution in [1.82, 2.24) is 30.5 Å². The lowest BCUT2D eigenvalue weighted by atomic mass is 10.1. The highest BCUT2D eigenvalue weighted by Crippen LogP contribution is 2.29. The lowest BCUT2D eigenvalue weighted by molar-refractivity contribution is 0.0525. The van der Waals surface area contributed by atoms with E-state index in [1.807, 2.05) is 0 Å². The lowest BCUT2D eigenvalue weighted by Crippen LogP contribution is -2.34. The van der Waals surface area contributed by atoms with Crippen LogP contribution >= 0.6 is 0 Å². The summed E-state index contributed by atoms with van der Waals surface area (Å²) in [7, 11) is 0. The number of rotatable bonds is 7. The summed E-state index contributed by atoms with van der Waals surface area (Å²) in [6.45, 7) is 5.70. The van der Waals surface area contributed by atoms with Gasteiger partial charge in [-0.3, -0.25) is 9.88 Å². The Bertz CT molecular complexity index is 1240. The highest BCUT2D eigenvalue weighted by Gasteiger charge is 2.32. The number of hydrogen-bond acceptors (Lipinski definition) is 9. The number of tetrazole rings is 1. The summed E-state index contributed by atoms with van der Waals surface area (Å²) in [4.78, 5) is 29.4. The number of hydrogen-bond donors (Lipinski definition) is 2. The summed E-state index contributed by atoms with van der Waals surface area (Å²) in [5, 5.41) is 23.4. The van der Waals surface area contributed by atoms with Crippen LogP contribution in [0.2, 0.25) is 0 Å². The fraction of sp³-hybridized carbons (Fsp3) is 0.391. The van der Waals surface area contributed by atoms with Crippen LogP contribution in [0.15, 0.2) is 36.5 Å². The molecule has 1 fully saturated rings. The van der Waals surface area contributed by atoms with Crippen molar-refractivity contribution in [3.8, 4) is 22.6 Å². The Morgan fingerprint density at radius 1 is 1.31 bits per heavy atom. The monoisotopic (exact) mass is 499 g/mol. The van der Waals surface area contributed by atoms with Gasteiger partial charge >= 0.3 is 12.2 Å². The topological polar surface area (TPSA) is 145 Å². The molecule has 0 aliphatic carbocycles. The Hall–Kier alpha value is -4.13. The number of anilines is 1. The van der Waals surface area contributed by atoms with E-state index in [4.69, 9.17) is 9.47 Å². The minimum Gasteiger partial charge on any atom is -0.444 e. The van der Waals surface area contributed by atoms with E-state index < -0.39 is 29.7 Å². The van der Waals surface area contributed by atoms with Crippen molar-refractivity contribution in [2.24, 2.45) is 0 Å². The Morgan fingerprint density at radius 2 is 2.11 bits per heavy atom. The summed E-state index contributed by atoms with van der Waals surface area (Å²) in [6.07, 6.45) is -0.313. The average molecular weight is 500 g/mol. The number of aromatic nitrogens is 5. The molecule has 3 heterocycles. The van der Waals surface area contributed by atoms with Gasteiger partial charge in [0.05, 0.1) is 25.4 Å². The van der Waals surface area contributed by atoms with E-state index in [0.29, 0.717) is 28.3 Å². The standard InChI is InChI=1S/C23H26FN7O5/c1-23(2,3)36-21(33)25-8-9-31-20(27-28-29-31)19-7-4-14(11-26-19)17-6-5-15(10-18(17)24)30-12-16(13-32)35-22(30)34/h4-7,10-11,16,32H,8-9,12-13H2,1-3H3,(H,25,33). The first kappa shape index (κ1) is 25.0. The molecule has 3 aromatic rings. The first-order chi connectivity index (χ1) is 17.1. The maximum absolute atomic E-state index is 14.9. The highest BCUT2D eigenvalue weighted by atomic mass is 19.1. The number of nitrogens with one attached hydrogen (secondary N) is 1. The largest absolute Gasteiger partial charge is 0.444 e. The zero-order valence-electron chi connectivity index (χ0n) is 20.0. The second-order valence-corrected chi connectivity index (χ2v) is 9.05. The maximum atomic E-state index is 14.9. The number of carbonyl (C=O) groups is 2. The predicted octanol–water partition coefficient (Wildman–Crippen LogP) is 2.38. The van der Waals surface area contributed by atoms with Crippen molar-refractivity contribution in [3.63, 3.8) is 0 Å².